The average molecular weight is 357 g/mol. The zero-order valence-electron chi connectivity index (χ0n) is 13.1. The lowest BCUT2D eigenvalue weighted by molar-refractivity contribution is -0.118. The highest BCUT2D eigenvalue weighted by Crippen LogP contribution is 2.37. The van der Waals surface area contributed by atoms with Gasteiger partial charge in [0, 0.05) is 28.6 Å². The molecule has 0 aliphatic carbocycles. The summed E-state index contributed by atoms with van der Waals surface area (Å²) in [6.45, 7) is 0.347. The standard InChI is InChI=1S/C19H14ClFN2O2/c20-15-7-14-13(5-6-25-18(14)8-16(15)21)19(24)23-17-10-22-9-11-3-1-2-4-12(11)17/h1-4,7-10,13H,5-6H2,(H,23,24)/t13-/m0/s1. The largest absolute Gasteiger partial charge is 0.493 e. The highest BCUT2D eigenvalue weighted by molar-refractivity contribution is 6.30. The van der Waals surface area contributed by atoms with E-state index in [1.54, 1.807) is 12.4 Å². The van der Waals surface area contributed by atoms with E-state index in [4.69, 9.17) is 16.3 Å². The summed E-state index contributed by atoms with van der Waals surface area (Å²) >= 11 is 5.88. The van der Waals surface area contributed by atoms with Crippen LogP contribution in [0, 0.1) is 5.82 Å². The quantitative estimate of drug-likeness (QED) is 0.733. The smallest absolute Gasteiger partial charge is 0.232 e. The molecule has 1 amide bonds. The molecule has 0 spiro atoms. The average Bonchev–Trinajstić information content (AvgIpc) is 2.62. The van der Waals surface area contributed by atoms with Crippen molar-refractivity contribution in [3.63, 3.8) is 0 Å². The number of hydrogen-bond acceptors (Lipinski definition) is 3. The van der Waals surface area contributed by atoms with Crippen molar-refractivity contribution in [2.75, 3.05) is 11.9 Å². The maximum Gasteiger partial charge on any atom is 0.232 e. The Kier molecular flexibility index (Phi) is 4.01. The number of carbonyl (C=O) groups is 1. The van der Waals surface area contributed by atoms with E-state index in [2.05, 4.69) is 10.3 Å². The third kappa shape index (κ3) is 2.91. The van der Waals surface area contributed by atoms with E-state index >= 15 is 0 Å². The minimum atomic E-state index is -0.556. The number of pyridine rings is 1. The third-order valence-electron chi connectivity index (χ3n) is 4.33. The number of nitrogens with one attached hydrogen (secondary N) is 1. The Labute approximate surface area is 148 Å². The zero-order chi connectivity index (χ0) is 17.4. The Morgan fingerprint density at radius 3 is 3.00 bits per heavy atom. The zero-order valence-corrected chi connectivity index (χ0v) is 13.9. The first-order valence-corrected chi connectivity index (χ1v) is 8.26. The van der Waals surface area contributed by atoms with Crippen LogP contribution in [-0.2, 0) is 4.79 Å². The molecule has 6 heteroatoms. The topological polar surface area (TPSA) is 51.2 Å². The minimum Gasteiger partial charge on any atom is -0.493 e. The number of amides is 1. The Balaban J connectivity index is 1.67. The first-order chi connectivity index (χ1) is 12.1. The predicted octanol–water partition coefficient (Wildman–Crippen LogP) is 4.53. The Bertz CT molecular complexity index is 972. The molecule has 3 aromatic rings. The minimum absolute atomic E-state index is 0.0196. The maximum absolute atomic E-state index is 13.6. The van der Waals surface area contributed by atoms with Gasteiger partial charge in [0.25, 0.3) is 0 Å². The number of anilines is 1. The molecule has 4 nitrogen and oxygen atoms in total. The molecule has 2 aromatic carbocycles. The van der Waals surface area contributed by atoms with Gasteiger partial charge in [0.1, 0.15) is 11.6 Å². The molecule has 0 bridgehead atoms. The first-order valence-electron chi connectivity index (χ1n) is 7.89. The fourth-order valence-corrected chi connectivity index (χ4v) is 3.26. The lowest BCUT2D eigenvalue weighted by Gasteiger charge is -2.25. The van der Waals surface area contributed by atoms with Crippen molar-refractivity contribution in [2.45, 2.75) is 12.3 Å². The van der Waals surface area contributed by atoms with Gasteiger partial charge in [-0.25, -0.2) is 4.39 Å². The summed E-state index contributed by atoms with van der Waals surface area (Å²) in [4.78, 5) is 17.0. The van der Waals surface area contributed by atoms with Gasteiger partial charge in [-0.1, -0.05) is 35.9 Å². The van der Waals surface area contributed by atoms with Crippen molar-refractivity contribution < 1.29 is 13.9 Å². The Morgan fingerprint density at radius 1 is 1.28 bits per heavy atom. The van der Waals surface area contributed by atoms with Crippen LogP contribution in [0.1, 0.15) is 17.9 Å². The number of aromatic nitrogens is 1. The van der Waals surface area contributed by atoms with Gasteiger partial charge < -0.3 is 10.1 Å². The molecule has 0 unspecified atom stereocenters. The fraction of sp³-hybridized carbons (Fsp3) is 0.158. The molecule has 0 fully saturated rings. The molecule has 126 valence electrons. The number of halogens is 2. The number of ether oxygens (including phenoxy) is 1. The Morgan fingerprint density at radius 2 is 2.12 bits per heavy atom. The maximum atomic E-state index is 13.6. The number of hydrogen-bond donors (Lipinski definition) is 1. The van der Waals surface area contributed by atoms with Crippen LogP contribution in [0.3, 0.4) is 0 Å². The second-order valence-corrected chi connectivity index (χ2v) is 6.30. The van der Waals surface area contributed by atoms with Gasteiger partial charge in [-0.2, -0.15) is 0 Å². The molecule has 1 aromatic heterocycles. The van der Waals surface area contributed by atoms with Gasteiger partial charge in [-0.15, -0.1) is 0 Å². The molecular weight excluding hydrogens is 343 g/mol. The summed E-state index contributed by atoms with van der Waals surface area (Å²) in [5.74, 6) is -0.838. The number of carbonyl (C=O) groups excluding carboxylic acids is 1. The van der Waals surface area contributed by atoms with E-state index in [0.29, 0.717) is 30.0 Å². The summed E-state index contributed by atoms with van der Waals surface area (Å²) in [5.41, 5.74) is 1.24. The molecule has 1 N–H and O–H groups in total. The molecule has 25 heavy (non-hydrogen) atoms. The molecule has 0 saturated heterocycles. The van der Waals surface area contributed by atoms with E-state index in [1.807, 2.05) is 24.3 Å². The van der Waals surface area contributed by atoms with Crippen LogP contribution in [0.25, 0.3) is 10.8 Å². The fourth-order valence-electron chi connectivity index (χ4n) is 3.09. The molecule has 1 atom stereocenters. The normalized spacial score (nSPS) is 16.2. The molecule has 0 saturated carbocycles. The van der Waals surface area contributed by atoms with Crippen molar-refractivity contribution in [2.24, 2.45) is 0 Å². The van der Waals surface area contributed by atoms with Gasteiger partial charge >= 0.3 is 0 Å². The van der Waals surface area contributed by atoms with Gasteiger partial charge in [-0.3, -0.25) is 9.78 Å². The molecule has 0 radical (unpaired) electrons. The number of benzene rings is 2. The van der Waals surface area contributed by atoms with Crippen LogP contribution in [0.4, 0.5) is 10.1 Å². The lowest BCUT2D eigenvalue weighted by atomic mass is 9.92. The van der Waals surface area contributed by atoms with Crippen LogP contribution in [0.15, 0.2) is 48.8 Å². The van der Waals surface area contributed by atoms with Crippen LogP contribution >= 0.6 is 11.6 Å². The second kappa shape index (κ2) is 6.33. The SMILES string of the molecule is O=C(Nc1cncc2ccccc12)[C@H]1CCOc2cc(F)c(Cl)cc21. The number of nitrogens with zero attached hydrogens (tertiary/aromatic N) is 1. The van der Waals surface area contributed by atoms with E-state index in [0.717, 1.165) is 10.8 Å². The summed E-state index contributed by atoms with van der Waals surface area (Å²) in [6.07, 6.45) is 3.87. The summed E-state index contributed by atoms with van der Waals surface area (Å²) in [5, 5.41) is 4.77. The molecule has 2 heterocycles. The van der Waals surface area contributed by atoms with Gasteiger partial charge in [0.15, 0.2) is 0 Å². The first kappa shape index (κ1) is 15.8. The highest BCUT2D eigenvalue weighted by Gasteiger charge is 2.29. The molecule has 1 aliphatic rings. The third-order valence-corrected chi connectivity index (χ3v) is 4.62. The van der Waals surface area contributed by atoms with E-state index < -0.39 is 11.7 Å². The van der Waals surface area contributed by atoms with Gasteiger partial charge in [-0.05, 0) is 12.5 Å². The lowest BCUT2D eigenvalue weighted by Crippen LogP contribution is -2.26. The second-order valence-electron chi connectivity index (χ2n) is 5.89. The molecular formula is C19H14ClFN2O2. The van der Waals surface area contributed by atoms with E-state index in [9.17, 15) is 9.18 Å². The molecule has 1 aliphatic heterocycles. The van der Waals surface area contributed by atoms with Crippen LogP contribution in [-0.4, -0.2) is 17.5 Å². The van der Waals surface area contributed by atoms with Gasteiger partial charge in [0.05, 0.1) is 29.4 Å². The number of rotatable bonds is 2. The van der Waals surface area contributed by atoms with Gasteiger partial charge in [0.2, 0.25) is 5.91 Å². The van der Waals surface area contributed by atoms with Crippen molar-refractivity contribution >= 4 is 34.0 Å². The van der Waals surface area contributed by atoms with Crippen molar-refractivity contribution in [3.05, 3.63) is 65.2 Å². The number of fused-ring (bicyclic) bond motifs is 2. The van der Waals surface area contributed by atoms with E-state index in [-0.39, 0.29) is 10.9 Å². The summed E-state index contributed by atoms with van der Waals surface area (Å²) < 4.78 is 19.1. The van der Waals surface area contributed by atoms with Crippen molar-refractivity contribution in [1.82, 2.24) is 4.98 Å². The predicted molar refractivity (Wildman–Crippen MR) is 94.6 cm³/mol. The van der Waals surface area contributed by atoms with Crippen molar-refractivity contribution in [1.29, 1.82) is 0 Å². The van der Waals surface area contributed by atoms with Crippen LogP contribution in [0.5, 0.6) is 5.75 Å². The summed E-state index contributed by atoms with van der Waals surface area (Å²) in [6, 6.07) is 10.4. The Hall–Kier alpha value is -2.66. The van der Waals surface area contributed by atoms with E-state index in [1.165, 1.54) is 12.1 Å². The monoisotopic (exact) mass is 356 g/mol. The van der Waals surface area contributed by atoms with Crippen molar-refractivity contribution in [3.8, 4) is 5.75 Å². The van der Waals surface area contributed by atoms with Crippen LogP contribution in [0.2, 0.25) is 5.02 Å². The molecule has 4 rings (SSSR count). The highest BCUT2D eigenvalue weighted by atomic mass is 35.5. The van der Waals surface area contributed by atoms with Crippen LogP contribution < -0.4 is 10.1 Å². The summed E-state index contributed by atoms with van der Waals surface area (Å²) in [7, 11) is 0.